The molecule has 0 saturated carbocycles. The van der Waals surface area contributed by atoms with Gasteiger partial charge >= 0.3 is 0 Å². The zero-order valence-corrected chi connectivity index (χ0v) is 10.6. The van der Waals surface area contributed by atoms with Crippen LogP contribution in [-0.2, 0) is 6.42 Å². The van der Waals surface area contributed by atoms with Crippen LogP contribution in [0.15, 0.2) is 18.2 Å². The van der Waals surface area contributed by atoms with E-state index in [0.717, 1.165) is 19.4 Å². The lowest BCUT2D eigenvalue weighted by atomic mass is 10.0. The lowest BCUT2D eigenvalue weighted by Crippen LogP contribution is -2.31. The Hall–Kier alpha value is -0.600. The van der Waals surface area contributed by atoms with Gasteiger partial charge in [-0.3, -0.25) is 0 Å². The van der Waals surface area contributed by atoms with Gasteiger partial charge < -0.3 is 5.32 Å². The van der Waals surface area contributed by atoms with Crippen molar-refractivity contribution < 1.29 is 4.39 Å². The van der Waals surface area contributed by atoms with E-state index >= 15 is 0 Å². The van der Waals surface area contributed by atoms with Crippen molar-refractivity contribution >= 4 is 11.6 Å². The third-order valence-electron chi connectivity index (χ3n) is 2.60. The van der Waals surface area contributed by atoms with Gasteiger partial charge in [0.1, 0.15) is 5.82 Å². The van der Waals surface area contributed by atoms with Gasteiger partial charge in [-0.2, -0.15) is 0 Å². The van der Waals surface area contributed by atoms with Crippen molar-refractivity contribution in [3.63, 3.8) is 0 Å². The minimum atomic E-state index is -0.164. The first-order chi connectivity index (χ1) is 7.67. The van der Waals surface area contributed by atoms with Crippen molar-refractivity contribution in [2.75, 3.05) is 6.54 Å². The van der Waals surface area contributed by atoms with Crippen LogP contribution < -0.4 is 5.32 Å². The lowest BCUT2D eigenvalue weighted by Gasteiger charge is -2.17. The molecule has 0 heterocycles. The number of nitrogens with one attached hydrogen (secondary N) is 1. The summed E-state index contributed by atoms with van der Waals surface area (Å²) in [6.45, 7) is 5.11. The van der Waals surface area contributed by atoms with Crippen LogP contribution in [0.5, 0.6) is 0 Å². The van der Waals surface area contributed by atoms with Crippen LogP contribution in [0.1, 0.15) is 32.3 Å². The molecule has 0 aliphatic rings. The SMILES string of the molecule is CCCC(Cc1cc(Cl)ccc1F)NCC. The fourth-order valence-corrected chi connectivity index (χ4v) is 2.07. The Morgan fingerprint density at radius 2 is 2.12 bits per heavy atom. The molecule has 1 rings (SSSR count). The van der Waals surface area contributed by atoms with Gasteiger partial charge in [0.15, 0.2) is 0 Å². The highest BCUT2D eigenvalue weighted by Crippen LogP contribution is 2.17. The third kappa shape index (κ3) is 4.11. The molecular weight excluding hydrogens is 225 g/mol. The average Bonchev–Trinajstić information content (AvgIpc) is 2.24. The topological polar surface area (TPSA) is 12.0 Å². The normalized spacial score (nSPS) is 12.8. The summed E-state index contributed by atoms with van der Waals surface area (Å²) in [4.78, 5) is 0. The highest BCUT2D eigenvalue weighted by atomic mass is 35.5. The highest BCUT2D eigenvalue weighted by Gasteiger charge is 2.10. The Balaban J connectivity index is 2.71. The van der Waals surface area contributed by atoms with Crippen molar-refractivity contribution in [3.05, 3.63) is 34.6 Å². The van der Waals surface area contributed by atoms with Crippen molar-refractivity contribution in [3.8, 4) is 0 Å². The van der Waals surface area contributed by atoms with E-state index in [2.05, 4.69) is 19.2 Å². The van der Waals surface area contributed by atoms with Crippen molar-refractivity contribution in [2.45, 2.75) is 39.2 Å². The molecule has 1 N–H and O–H groups in total. The quantitative estimate of drug-likeness (QED) is 0.802. The van der Waals surface area contributed by atoms with E-state index in [4.69, 9.17) is 11.6 Å². The van der Waals surface area contributed by atoms with Gasteiger partial charge in [-0.25, -0.2) is 4.39 Å². The van der Waals surface area contributed by atoms with Crippen LogP contribution in [0.4, 0.5) is 4.39 Å². The zero-order chi connectivity index (χ0) is 12.0. The van der Waals surface area contributed by atoms with Gasteiger partial charge in [-0.05, 0) is 43.1 Å². The molecule has 1 nitrogen and oxygen atoms in total. The lowest BCUT2D eigenvalue weighted by molar-refractivity contribution is 0.475. The summed E-state index contributed by atoms with van der Waals surface area (Å²) in [5, 5.41) is 3.97. The predicted molar refractivity (Wildman–Crippen MR) is 67.5 cm³/mol. The number of hydrogen-bond acceptors (Lipinski definition) is 1. The van der Waals surface area contributed by atoms with E-state index in [-0.39, 0.29) is 5.82 Å². The molecule has 1 aromatic carbocycles. The molecule has 0 bridgehead atoms. The second-order valence-corrected chi connectivity index (χ2v) is 4.42. The largest absolute Gasteiger partial charge is 0.314 e. The number of halogens is 2. The number of likely N-dealkylation sites (N-methyl/N-ethyl adjacent to an activating group) is 1. The molecule has 0 saturated heterocycles. The monoisotopic (exact) mass is 243 g/mol. The van der Waals surface area contributed by atoms with Crippen LogP contribution in [0.25, 0.3) is 0 Å². The minimum Gasteiger partial charge on any atom is -0.314 e. The van der Waals surface area contributed by atoms with Gasteiger partial charge in [0.25, 0.3) is 0 Å². The van der Waals surface area contributed by atoms with E-state index in [1.807, 2.05) is 0 Å². The maximum Gasteiger partial charge on any atom is 0.126 e. The zero-order valence-electron chi connectivity index (χ0n) is 9.89. The Bertz CT molecular complexity index is 322. The molecule has 16 heavy (non-hydrogen) atoms. The first-order valence-corrected chi connectivity index (χ1v) is 6.22. The fraction of sp³-hybridized carbons (Fsp3) is 0.538. The van der Waals surface area contributed by atoms with Gasteiger partial charge in [-0.1, -0.05) is 31.9 Å². The third-order valence-corrected chi connectivity index (χ3v) is 2.84. The van der Waals surface area contributed by atoms with Crippen LogP contribution in [0, 0.1) is 5.82 Å². The fourth-order valence-electron chi connectivity index (χ4n) is 1.88. The smallest absolute Gasteiger partial charge is 0.126 e. The molecular formula is C13H19ClFN. The van der Waals surface area contributed by atoms with Gasteiger partial charge in [-0.15, -0.1) is 0 Å². The van der Waals surface area contributed by atoms with E-state index < -0.39 is 0 Å². The second kappa shape index (κ2) is 6.87. The molecule has 0 amide bonds. The first-order valence-electron chi connectivity index (χ1n) is 5.84. The first kappa shape index (κ1) is 13.5. The number of hydrogen-bond donors (Lipinski definition) is 1. The molecule has 3 heteroatoms. The standard InChI is InChI=1S/C13H19ClFN/c1-3-5-12(16-4-2)9-10-8-11(14)6-7-13(10)15/h6-8,12,16H,3-5,9H2,1-2H3. The second-order valence-electron chi connectivity index (χ2n) is 3.98. The molecule has 1 aromatic rings. The maximum absolute atomic E-state index is 13.5. The molecule has 0 radical (unpaired) electrons. The van der Waals surface area contributed by atoms with Crippen LogP contribution >= 0.6 is 11.6 Å². The summed E-state index contributed by atoms with van der Waals surface area (Å²) in [7, 11) is 0. The molecule has 0 aliphatic heterocycles. The Kier molecular flexibility index (Phi) is 5.78. The Morgan fingerprint density at radius 1 is 1.38 bits per heavy atom. The number of rotatable bonds is 6. The Labute approximate surface area is 102 Å². The summed E-state index contributed by atoms with van der Waals surface area (Å²) < 4.78 is 13.5. The van der Waals surface area contributed by atoms with Crippen LogP contribution in [0.3, 0.4) is 0 Å². The van der Waals surface area contributed by atoms with Crippen LogP contribution in [0.2, 0.25) is 5.02 Å². The highest BCUT2D eigenvalue weighted by molar-refractivity contribution is 6.30. The Morgan fingerprint density at radius 3 is 2.75 bits per heavy atom. The van der Waals surface area contributed by atoms with E-state index in [1.165, 1.54) is 6.07 Å². The molecule has 0 fully saturated rings. The van der Waals surface area contributed by atoms with E-state index in [9.17, 15) is 4.39 Å². The average molecular weight is 244 g/mol. The van der Waals surface area contributed by atoms with Crippen molar-refractivity contribution in [2.24, 2.45) is 0 Å². The summed E-state index contributed by atoms with van der Waals surface area (Å²) in [5.74, 6) is -0.164. The molecule has 0 aliphatic carbocycles. The van der Waals surface area contributed by atoms with Crippen molar-refractivity contribution in [1.29, 1.82) is 0 Å². The molecule has 90 valence electrons. The summed E-state index contributed by atoms with van der Waals surface area (Å²) in [6.07, 6.45) is 2.85. The summed E-state index contributed by atoms with van der Waals surface area (Å²) in [5.41, 5.74) is 0.701. The summed E-state index contributed by atoms with van der Waals surface area (Å²) >= 11 is 5.87. The van der Waals surface area contributed by atoms with Gasteiger partial charge in [0.2, 0.25) is 0 Å². The van der Waals surface area contributed by atoms with Gasteiger partial charge in [0, 0.05) is 11.1 Å². The van der Waals surface area contributed by atoms with Gasteiger partial charge in [0.05, 0.1) is 0 Å². The predicted octanol–water partition coefficient (Wildman–Crippen LogP) is 3.80. The molecule has 0 aromatic heterocycles. The van der Waals surface area contributed by atoms with Crippen molar-refractivity contribution in [1.82, 2.24) is 5.32 Å². The maximum atomic E-state index is 13.5. The van der Waals surface area contributed by atoms with Crippen LogP contribution in [-0.4, -0.2) is 12.6 Å². The molecule has 0 spiro atoms. The van der Waals surface area contributed by atoms with E-state index in [0.29, 0.717) is 23.0 Å². The minimum absolute atomic E-state index is 0.164. The molecule has 1 unspecified atom stereocenters. The summed E-state index contributed by atoms with van der Waals surface area (Å²) in [6, 6.07) is 5.08. The number of benzene rings is 1. The molecule has 1 atom stereocenters. The van der Waals surface area contributed by atoms with E-state index in [1.54, 1.807) is 12.1 Å².